The van der Waals surface area contributed by atoms with Gasteiger partial charge in [0.2, 0.25) is 0 Å². The van der Waals surface area contributed by atoms with Crippen LogP contribution in [-0.2, 0) is 0 Å². The van der Waals surface area contributed by atoms with Gasteiger partial charge < -0.3 is 19.7 Å². The van der Waals surface area contributed by atoms with Crippen molar-refractivity contribution in [1.82, 2.24) is 4.98 Å². The summed E-state index contributed by atoms with van der Waals surface area (Å²) >= 11 is 0. The van der Waals surface area contributed by atoms with Crippen LogP contribution in [0.4, 0.5) is 4.39 Å². The van der Waals surface area contributed by atoms with Gasteiger partial charge in [0.15, 0.2) is 11.5 Å². The third kappa shape index (κ3) is 2.90. The largest absolute Gasteiger partial charge is 0.441 e. The third-order valence-corrected chi connectivity index (χ3v) is 9.27. The van der Waals surface area contributed by atoms with Crippen LogP contribution in [0.3, 0.4) is 0 Å². The van der Waals surface area contributed by atoms with Crippen LogP contribution >= 0.6 is 0 Å². The van der Waals surface area contributed by atoms with Crippen molar-refractivity contribution in [2.75, 3.05) is 0 Å². The molecule has 3 N–H and O–H groups in total. The Morgan fingerprint density at radius 1 is 1.15 bits per heavy atom. The standard InChI is InChI=1S/C27H32FNO4/c1-15-29-21-13-16(3-7-22(21)33-15)19-6-8-23-25(19,2)11-10-20-24(31)26(28)14-18(30)5-4-17(26)9-12-27(20,23)32/h3,6-7,10,13,17-18,23-24,30-32H,4-5,8-9,11-12,14H2,1-2H3/t17?,18?,23?,24?,25?,26?,27-/m1/s1. The highest BCUT2D eigenvalue weighted by atomic mass is 19.1. The maximum atomic E-state index is 16.2. The molecule has 5 nitrogen and oxygen atoms in total. The van der Waals surface area contributed by atoms with E-state index in [1.807, 2.05) is 31.2 Å². The molecule has 1 aromatic carbocycles. The molecule has 1 aromatic heterocycles. The summed E-state index contributed by atoms with van der Waals surface area (Å²) < 4.78 is 21.8. The molecular formula is C27H32FNO4. The summed E-state index contributed by atoms with van der Waals surface area (Å²) in [4.78, 5) is 4.48. The molecule has 0 spiro atoms. The van der Waals surface area contributed by atoms with Gasteiger partial charge in [-0.15, -0.1) is 0 Å². The van der Waals surface area contributed by atoms with Crippen LogP contribution < -0.4 is 0 Å². The number of benzene rings is 1. The topological polar surface area (TPSA) is 86.7 Å². The van der Waals surface area contributed by atoms with Crippen molar-refractivity contribution in [3.05, 3.63) is 47.4 Å². The lowest BCUT2D eigenvalue weighted by atomic mass is 9.57. The average Bonchev–Trinajstić information content (AvgIpc) is 3.29. The van der Waals surface area contributed by atoms with E-state index in [0.717, 1.165) is 16.7 Å². The minimum absolute atomic E-state index is 0.0607. The van der Waals surface area contributed by atoms with Crippen molar-refractivity contribution >= 4 is 16.7 Å². The maximum absolute atomic E-state index is 16.2. The zero-order valence-corrected chi connectivity index (χ0v) is 19.2. The number of aliphatic hydroxyl groups excluding tert-OH is 2. The summed E-state index contributed by atoms with van der Waals surface area (Å²) in [5, 5.41) is 33.6. The van der Waals surface area contributed by atoms with E-state index < -0.39 is 23.5 Å². The van der Waals surface area contributed by atoms with Gasteiger partial charge in [-0.3, -0.25) is 0 Å². The summed E-state index contributed by atoms with van der Waals surface area (Å²) in [6.45, 7) is 4.01. The Morgan fingerprint density at radius 2 is 1.97 bits per heavy atom. The highest BCUT2D eigenvalue weighted by Gasteiger charge is 2.62. The number of hydrogen-bond acceptors (Lipinski definition) is 5. The van der Waals surface area contributed by atoms with Crippen molar-refractivity contribution in [3.8, 4) is 0 Å². The van der Waals surface area contributed by atoms with Gasteiger partial charge in [-0.2, -0.15) is 0 Å². The van der Waals surface area contributed by atoms with E-state index in [-0.39, 0.29) is 23.7 Å². The summed E-state index contributed by atoms with van der Waals surface area (Å²) in [6, 6.07) is 6.03. The lowest BCUT2D eigenvalue weighted by Crippen LogP contribution is -2.55. The van der Waals surface area contributed by atoms with E-state index in [9.17, 15) is 15.3 Å². The number of aromatic nitrogens is 1. The monoisotopic (exact) mass is 453 g/mol. The molecule has 2 fully saturated rings. The molecule has 6 unspecified atom stereocenters. The first-order valence-corrected chi connectivity index (χ1v) is 12.2. The average molecular weight is 454 g/mol. The minimum atomic E-state index is -1.88. The molecule has 176 valence electrons. The predicted molar refractivity (Wildman–Crippen MR) is 123 cm³/mol. The quantitative estimate of drug-likeness (QED) is 0.548. The Balaban J connectivity index is 1.39. The van der Waals surface area contributed by atoms with E-state index in [1.165, 1.54) is 5.57 Å². The molecule has 0 radical (unpaired) electrons. The summed E-state index contributed by atoms with van der Waals surface area (Å²) in [5.41, 5.74) is 0.757. The molecule has 0 saturated heterocycles. The highest BCUT2D eigenvalue weighted by Crippen LogP contribution is 2.63. The Morgan fingerprint density at radius 3 is 2.79 bits per heavy atom. The molecule has 2 saturated carbocycles. The van der Waals surface area contributed by atoms with E-state index in [1.54, 1.807) is 0 Å². The first kappa shape index (κ1) is 21.5. The van der Waals surface area contributed by atoms with Crippen molar-refractivity contribution in [1.29, 1.82) is 0 Å². The molecule has 2 aromatic rings. The zero-order valence-electron chi connectivity index (χ0n) is 19.2. The summed E-state index contributed by atoms with van der Waals surface area (Å²) in [5.74, 6) is 0.146. The van der Waals surface area contributed by atoms with Crippen LogP contribution in [0.25, 0.3) is 16.7 Å². The van der Waals surface area contributed by atoms with Crippen molar-refractivity contribution in [3.63, 3.8) is 0 Å². The molecular weight excluding hydrogens is 421 g/mol. The number of hydrogen-bond donors (Lipinski definition) is 3. The minimum Gasteiger partial charge on any atom is -0.441 e. The molecule has 0 bridgehead atoms. The number of alkyl halides is 1. The summed E-state index contributed by atoms with van der Waals surface area (Å²) in [7, 11) is 0. The Labute approximate surface area is 193 Å². The van der Waals surface area contributed by atoms with E-state index in [2.05, 4.69) is 18.0 Å². The fourth-order valence-corrected chi connectivity index (χ4v) is 7.55. The Hall–Kier alpha value is -2.02. The number of rotatable bonds is 1. The summed E-state index contributed by atoms with van der Waals surface area (Å²) in [6.07, 6.45) is 5.26. The van der Waals surface area contributed by atoms with Gasteiger partial charge in [-0.1, -0.05) is 25.1 Å². The molecule has 7 atom stereocenters. The van der Waals surface area contributed by atoms with Gasteiger partial charge >= 0.3 is 0 Å². The van der Waals surface area contributed by atoms with Crippen molar-refractivity contribution in [2.45, 2.75) is 82.3 Å². The van der Waals surface area contributed by atoms with Crippen LogP contribution in [0.5, 0.6) is 0 Å². The number of oxazole rings is 1. The fourth-order valence-electron chi connectivity index (χ4n) is 7.55. The van der Waals surface area contributed by atoms with Gasteiger partial charge in [-0.05, 0) is 73.3 Å². The van der Waals surface area contributed by atoms with Gasteiger partial charge in [0.05, 0.1) is 11.7 Å². The molecule has 0 amide bonds. The second-order valence-corrected chi connectivity index (χ2v) is 11.0. The predicted octanol–water partition coefficient (Wildman–Crippen LogP) is 4.63. The van der Waals surface area contributed by atoms with Crippen molar-refractivity contribution in [2.24, 2.45) is 17.3 Å². The number of nitrogens with zero attached hydrogens (tertiary/aromatic N) is 1. The van der Waals surface area contributed by atoms with Crippen LogP contribution in [0.15, 0.2) is 40.3 Å². The molecule has 0 aliphatic heterocycles. The molecule has 4 aliphatic rings. The molecule has 6 heteroatoms. The molecule has 6 rings (SSSR count). The Bertz CT molecular complexity index is 1190. The van der Waals surface area contributed by atoms with E-state index >= 15 is 4.39 Å². The second kappa shape index (κ2) is 7.00. The smallest absolute Gasteiger partial charge is 0.192 e. The van der Waals surface area contributed by atoms with Crippen LogP contribution in [-0.4, -0.2) is 43.8 Å². The first-order valence-electron chi connectivity index (χ1n) is 12.2. The molecule has 33 heavy (non-hydrogen) atoms. The lowest BCUT2D eigenvalue weighted by Gasteiger charge is -2.50. The van der Waals surface area contributed by atoms with Crippen LogP contribution in [0.2, 0.25) is 0 Å². The second-order valence-electron chi connectivity index (χ2n) is 11.0. The third-order valence-electron chi connectivity index (χ3n) is 9.27. The number of allylic oxidation sites excluding steroid dienone is 3. The number of fused-ring (bicyclic) bond motifs is 5. The normalized spacial score (nSPS) is 42.7. The van der Waals surface area contributed by atoms with Gasteiger partial charge in [0, 0.05) is 24.7 Å². The molecule has 1 heterocycles. The SMILES string of the molecule is Cc1nc2cc(C3=CCC4C3(C)CC=C3C(O)C5(F)CC(O)CCC5CC[C@@]34O)ccc2o1. The number of aryl methyl sites for hydroxylation is 1. The van der Waals surface area contributed by atoms with Gasteiger partial charge in [-0.25, -0.2) is 9.37 Å². The Kier molecular flexibility index (Phi) is 4.56. The maximum Gasteiger partial charge on any atom is 0.192 e. The highest BCUT2D eigenvalue weighted by molar-refractivity contribution is 5.82. The van der Waals surface area contributed by atoms with Crippen LogP contribution in [0.1, 0.15) is 63.3 Å². The van der Waals surface area contributed by atoms with E-state index in [0.29, 0.717) is 50.0 Å². The van der Waals surface area contributed by atoms with Crippen LogP contribution in [0, 0.1) is 24.2 Å². The molecule has 4 aliphatic carbocycles. The number of aliphatic hydroxyl groups is 3. The number of halogens is 1. The fraction of sp³-hybridized carbons (Fsp3) is 0.593. The zero-order chi connectivity index (χ0) is 23.2. The lowest BCUT2D eigenvalue weighted by molar-refractivity contribution is -0.0963. The van der Waals surface area contributed by atoms with Gasteiger partial charge in [0.25, 0.3) is 0 Å². The first-order chi connectivity index (χ1) is 15.6. The van der Waals surface area contributed by atoms with E-state index in [4.69, 9.17) is 4.42 Å². The van der Waals surface area contributed by atoms with Crippen molar-refractivity contribution < 1.29 is 24.1 Å². The van der Waals surface area contributed by atoms with Gasteiger partial charge in [0.1, 0.15) is 17.3 Å².